The number of tetrazole rings is 1. The fourth-order valence-corrected chi connectivity index (χ4v) is 5.22. The van der Waals surface area contributed by atoms with Crippen molar-refractivity contribution in [2.75, 3.05) is 18.0 Å². The van der Waals surface area contributed by atoms with Gasteiger partial charge in [0.05, 0.1) is 22.8 Å². The van der Waals surface area contributed by atoms with Crippen LogP contribution < -0.4 is 10.2 Å². The standard InChI is InChI=1S/C24H22Cl2FN9O/c1-13-14(2-5-21(30-13)34-8-15-6-16(15)9-34)10-35-11-18(23(26)31-35)24(37)28-7-17-20(36-12-29-32-33-36)4-3-19(25)22(17)27/h2-5,11-12,15-16H,6-10H2,1H3,(H,28,37). The smallest absolute Gasteiger partial charge is 0.256 e. The van der Waals surface area contributed by atoms with Crippen molar-refractivity contribution in [1.82, 2.24) is 40.3 Å². The van der Waals surface area contributed by atoms with E-state index in [-0.39, 0.29) is 27.8 Å². The van der Waals surface area contributed by atoms with Crippen LogP contribution in [0.4, 0.5) is 10.2 Å². The van der Waals surface area contributed by atoms with Gasteiger partial charge in [-0.1, -0.05) is 29.3 Å². The van der Waals surface area contributed by atoms with Gasteiger partial charge in [-0.25, -0.2) is 14.1 Å². The Labute approximate surface area is 221 Å². The summed E-state index contributed by atoms with van der Waals surface area (Å²) < 4.78 is 17.7. The van der Waals surface area contributed by atoms with Gasteiger partial charge in [0.25, 0.3) is 5.91 Å². The second kappa shape index (κ2) is 9.38. The lowest BCUT2D eigenvalue weighted by Gasteiger charge is -2.20. The first-order valence-corrected chi connectivity index (χ1v) is 12.6. The maximum atomic E-state index is 14.8. The van der Waals surface area contributed by atoms with Gasteiger partial charge in [0.2, 0.25) is 0 Å². The SMILES string of the molecule is Cc1nc(N2CC3CC3C2)ccc1Cn1cc(C(=O)NCc2c(-n3cnnn3)ccc(Cl)c2F)c(Cl)n1. The minimum Gasteiger partial charge on any atom is -0.356 e. The summed E-state index contributed by atoms with van der Waals surface area (Å²) in [4.78, 5) is 20.1. The Morgan fingerprint density at radius 2 is 2.00 bits per heavy atom. The van der Waals surface area contributed by atoms with Crippen molar-refractivity contribution < 1.29 is 9.18 Å². The van der Waals surface area contributed by atoms with Crippen LogP contribution >= 0.6 is 23.2 Å². The molecule has 2 atom stereocenters. The molecule has 2 unspecified atom stereocenters. The molecule has 1 aliphatic carbocycles. The lowest BCUT2D eigenvalue weighted by molar-refractivity contribution is 0.0950. The molecule has 1 saturated heterocycles. The van der Waals surface area contributed by atoms with E-state index in [1.165, 1.54) is 23.5 Å². The van der Waals surface area contributed by atoms with E-state index in [9.17, 15) is 9.18 Å². The first-order valence-electron chi connectivity index (χ1n) is 11.8. The van der Waals surface area contributed by atoms with Crippen LogP contribution in [-0.4, -0.2) is 54.0 Å². The number of carbonyl (C=O) groups is 1. The van der Waals surface area contributed by atoms with Crippen molar-refractivity contribution in [2.45, 2.75) is 26.4 Å². The van der Waals surface area contributed by atoms with Crippen molar-refractivity contribution in [1.29, 1.82) is 0 Å². The Morgan fingerprint density at radius 1 is 1.19 bits per heavy atom. The second-order valence-electron chi connectivity index (χ2n) is 9.40. The first-order chi connectivity index (χ1) is 17.9. The molecule has 1 aliphatic heterocycles. The third-order valence-corrected chi connectivity index (χ3v) is 7.54. The molecule has 0 radical (unpaired) electrons. The zero-order valence-corrected chi connectivity index (χ0v) is 21.3. The number of amides is 1. The van der Waals surface area contributed by atoms with Crippen molar-refractivity contribution in [3.05, 3.63) is 75.2 Å². The molecular formula is C24H22Cl2FN9O. The third-order valence-electron chi connectivity index (χ3n) is 6.97. The fraction of sp³-hybridized carbons (Fsp3) is 0.333. The van der Waals surface area contributed by atoms with Gasteiger partial charge in [-0.2, -0.15) is 5.10 Å². The van der Waals surface area contributed by atoms with Crippen LogP contribution in [0.3, 0.4) is 0 Å². The third kappa shape index (κ3) is 4.64. The summed E-state index contributed by atoms with van der Waals surface area (Å²) in [5, 5.41) is 17.9. The molecule has 1 aromatic carbocycles. The van der Waals surface area contributed by atoms with Gasteiger partial charge >= 0.3 is 0 Å². The highest BCUT2D eigenvalue weighted by molar-refractivity contribution is 6.32. The molecule has 0 spiro atoms. The van der Waals surface area contributed by atoms with E-state index in [0.29, 0.717) is 12.2 Å². The van der Waals surface area contributed by atoms with Gasteiger partial charge < -0.3 is 10.2 Å². The predicted octanol–water partition coefficient (Wildman–Crippen LogP) is 3.44. The largest absolute Gasteiger partial charge is 0.356 e. The van der Waals surface area contributed by atoms with Gasteiger partial charge in [-0.3, -0.25) is 9.48 Å². The van der Waals surface area contributed by atoms with Crippen molar-refractivity contribution in [3.8, 4) is 5.69 Å². The van der Waals surface area contributed by atoms with E-state index in [1.807, 2.05) is 19.1 Å². The number of benzene rings is 1. The number of hydrogen-bond donors (Lipinski definition) is 1. The highest BCUT2D eigenvalue weighted by atomic mass is 35.5. The predicted molar refractivity (Wildman–Crippen MR) is 134 cm³/mol. The average molecular weight is 542 g/mol. The molecule has 3 aromatic heterocycles. The Balaban J connectivity index is 1.15. The number of halogens is 3. The number of fused-ring (bicyclic) bond motifs is 1. The molecular weight excluding hydrogens is 520 g/mol. The molecule has 190 valence electrons. The molecule has 4 heterocycles. The number of anilines is 1. The highest BCUT2D eigenvalue weighted by Crippen LogP contribution is 2.46. The molecule has 2 fully saturated rings. The summed E-state index contributed by atoms with van der Waals surface area (Å²) in [5.41, 5.74) is 2.54. The number of rotatable bonds is 7. The molecule has 6 rings (SSSR count). The topological polar surface area (TPSA) is 107 Å². The van der Waals surface area contributed by atoms with E-state index in [0.717, 1.165) is 42.0 Å². The van der Waals surface area contributed by atoms with Crippen LogP contribution in [0.15, 0.2) is 36.8 Å². The number of nitrogens with one attached hydrogen (secondary N) is 1. The van der Waals surface area contributed by atoms with Crippen molar-refractivity contribution in [3.63, 3.8) is 0 Å². The summed E-state index contributed by atoms with van der Waals surface area (Å²) >= 11 is 12.2. The average Bonchev–Trinajstić information content (AvgIpc) is 3.28. The second-order valence-corrected chi connectivity index (χ2v) is 10.2. The van der Waals surface area contributed by atoms with Crippen LogP contribution in [0.5, 0.6) is 0 Å². The molecule has 0 bridgehead atoms. The zero-order chi connectivity index (χ0) is 25.7. The van der Waals surface area contributed by atoms with Crippen LogP contribution in [0.1, 0.15) is 33.6 Å². The van der Waals surface area contributed by atoms with E-state index in [4.69, 9.17) is 28.2 Å². The quantitative estimate of drug-likeness (QED) is 0.381. The molecule has 1 saturated carbocycles. The van der Waals surface area contributed by atoms with Crippen LogP contribution in [0.25, 0.3) is 5.69 Å². The highest BCUT2D eigenvalue weighted by Gasteiger charge is 2.45. The number of pyridine rings is 1. The van der Waals surface area contributed by atoms with E-state index in [2.05, 4.69) is 30.8 Å². The Morgan fingerprint density at radius 3 is 2.73 bits per heavy atom. The fourth-order valence-electron chi connectivity index (χ4n) is 4.81. The number of piperidine rings is 1. The Hall–Kier alpha value is -3.57. The number of aromatic nitrogens is 7. The Bertz CT molecular complexity index is 1480. The van der Waals surface area contributed by atoms with Crippen LogP contribution in [0, 0.1) is 24.6 Å². The maximum Gasteiger partial charge on any atom is 0.256 e. The molecule has 2 aliphatic rings. The van der Waals surface area contributed by atoms with Crippen LogP contribution in [0.2, 0.25) is 10.2 Å². The molecule has 4 aromatic rings. The van der Waals surface area contributed by atoms with E-state index < -0.39 is 11.7 Å². The summed E-state index contributed by atoms with van der Waals surface area (Å²) in [5.74, 6) is 1.49. The Kier molecular flexibility index (Phi) is 6.04. The summed E-state index contributed by atoms with van der Waals surface area (Å²) in [7, 11) is 0. The minimum atomic E-state index is -0.672. The normalized spacial score (nSPS) is 18.2. The lowest BCUT2D eigenvalue weighted by atomic mass is 10.1. The molecule has 13 heteroatoms. The van der Waals surface area contributed by atoms with Gasteiger partial charge in [0.15, 0.2) is 5.15 Å². The zero-order valence-electron chi connectivity index (χ0n) is 19.8. The number of nitrogens with zero attached hydrogens (tertiary/aromatic N) is 8. The van der Waals surface area contributed by atoms with Crippen molar-refractivity contribution in [2.24, 2.45) is 11.8 Å². The first kappa shape index (κ1) is 23.8. The van der Waals surface area contributed by atoms with Gasteiger partial charge in [0, 0.05) is 37.1 Å². The van der Waals surface area contributed by atoms with E-state index in [1.54, 1.807) is 16.9 Å². The van der Waals surface area contributed by atoms with Crippen molar-refractivity contribution >= 4 is 34.9 Å². The number of hydrogen-bond acceptors (Lipinski definition) is 7. The number of aryl methyl sites for hydroxylation is 1. The van der Waals surface area contributed by atoms with Gasteiger partial charge in [-0.05, 0) is 59.4 Å². The maximum absolute atomic E-state index is 14.8. The molecule has 37 heavy (non-hydrogen) atoms. The minimum absolute atomic E-state index is 0.0447. The lowest BCUT2D eigenvalue weighted by Crippen LogP contribution is -2.24. The van der Waals surface area contributed by atoms with Gasteiger partial charge in [-0.15, -0.1) is 5.10 Å². The molecule has 10 nitrogen and oxygen atoms in total. The molecule has 1 N–H and O–H groups in total. The van der Waals surface area contributed by atoms with E-state index >= 15 is 0 Å². The summed E-state index contributed by atoms with van der Waals surface area (Å²) in [6.07, 6.45) is 4.24. The van der Waals surface area contributed by atoms with Crippen LogP contribution in [-0.2, 0) is 13.1 Å². The molecule has 1 amide bonds. The van der Waals surface area contributed by atoms with Gasteiger partial charge in [0.1, 0.15) is 18.0 Å². The summed E-state index contributed by atoms with van der Waals surface area (Å²) in [6.45, 7) is 4.38. The monoisotopic (exact) mass is 541 g/mol. The number of carbonyl (C=O) groups excluding carboxylic acids is 1. The summed E-state index contributed by atoms with van der Waals surface area (Å²) in [6, 6.07) is 7.05.